The number of ether oxygens (including phenoxy) is 1. The lowest BCUT2D eigenvalue weighted by Gasteiger charge is -2.12. The van der Waals surface area contributed by atoms with Crippen LogP contribution < -0.4 is 10.5 Å². The molecule has 2 aromatic carbocycles. The van der Waals surface area contributed by atoms with Gasteiger partial charge in [-0.25, -0.2) is 4.98 Å². The van der Waals surface area contributed by atoms with Crippen molar-refractivity contribution in [3.8, 4) is 5.75 Å². The highest BCUT2D eigenvalue weighted by Crippen LogP contribution is 2.21. The molecule has 24 heavy (non-hydrogen) atoms. The molecular formula is C21H24N2O. The summed E-state index contributed by atoms with van der Waals surface area (Å²) in [5.41, 5.74) is 9.29. The first-order valence-corrected chi connectivity index (χ1v) is 8.59. The largest absolute Gasteiger partial charge is 0.487 e. The fraction of sp³-hybridized carbons (Fsp3) is 0.286. The first kappa shape index (κ1) is 16.5. The Kier molecular flexibility index (Phi) is 5.44. The van der Waals surface area contributed by atoms with E-state index in [1.807, 2.05) is 36.4 Å². The van der Waals surface area contributed by atoms with Crippen molar-refractivity contribution in [2.45, 2.75) is 38.8 Å². The summed E-state index contributed by atoms with van der Waals surface area (Å²) in [6.07, 6.45) is 3.36. The van der Waals surface area contributed by atoms with Gasteiger partial charge >= 0.3 is 0 Å². The standard InChI is InChI=1S/C21H24N2O/c1-2-3-7-20(22)16-10-13-19(14-11-16)24-15-18-12-9-17-6-4-5-8-21(17)23-18/h4-6,8-14,20H,2-3,7,15,22H2,1H3. The molecule has 3 heteroatoms. The highest BCUT2D eigenvalue weighted by atomic mass is 16.5. The molecule has 0 aliphatic heterocycles. The van der Waals surface area contributed by atoms with E-state index in [9.17, 15) is 0 Å². The van der Waals surface area contributed by atoms with Gasteiger partial charge in [0.15, 0.2) is 0 Å². The summed E-state index contributed by atoms with van der Waals surface area (Å²) in [7, 11) is 0. The van der Waals surface area contributed by atoms with E-state index in [0.717, 1.165) is 35.2 Å². The first-order valence-electron chi connectivity index (χ1n) is 8.59. The van der Waals surface area contributed by atoms with Crippen LogP contribution in [-0.4, -0.2) is 4.98 Å². The molecule has 1 heterocycles. The average molecular weight is 320 g/mol. The molecule has 3 aromatic rings. The minimum absolute atomic E-state index is 0.112. The molecule has 1 aromatic heterocycles. The number of unbranched alkanes of at least 4 members (excludes halogenated alkanes) is 1. The van der Waals surface area contributed by atoms with Crippen molar-refractivity contribution in [2.24, 2.45) is 5.73 Å². The molecule has 124 valence electrons. The highest BCUT2D eigenvalue weighted by Gasteiger charge is 2.06. The molecular weight excluding hydrogens is 296 g/mol. The van der Waals surface area contributed by atoms with Crippen molar-refractivity contribution in [2.75, 3.05) is 0 Å². The predicted octanol–water partition coefficient (Wildman–Crippen LogP) is 5.00. The van der Waals surface area contributed by atoms with Crippen molar-refractivity contribution in [1.29, 1.82) is 0 Å². The van der Waals surface area contributed by atoms with Gasteiger partial charge in [-0.15, -0.1) is 0 Å². The van der Waals surface area contributed by atoms with E-state index in [4.69, 9.17) is 10.5 Å². The number of aromatic nitrogens is 1. The van der Waals surface area contributed by atoms with Crippen molar-refractivity contribution in [3.05, 3.63) is 71.9 Å². The second kappa shape index (κ2) is 7.93. The van der Waals surface area contributed by atoms with Crippen molar-refractivity contribution < 1.29 is 4.74 Å². The molecule has 0 radical (unpaired) electrons. The Labute approximate surface area is 143 Å². The van der Waals surface area contributed by atoms with Crippen molar-refractivity contribution >= 4 is 10.9 Å². The fourth-order valence-corrected chi connectivity index (χ4v) is 2.75. The first-order chi connectivity index (χ1) is 11.8. The van der Waals surface area contributed by atoms with E-state index < -0.39 is 0 Å². The van der Waals surface area contributed by atoms with Gasteiger partial charge < -0.3 is 10.5 Å². The van der Waals surface area contributed by atoms with Crippen LogP contribution in [0.15, 0.2) is 60.7 Å². The van der Waals surface area contributed by atoms with Crippen LogP contribution in [0.3, 0.4) is 0 Å². The van der Waals surface area contributed by atoms with Crippen LogP contribution in [0.25, 0.3) is 10.9 Å². The minimum atomic E-state index is 0.112. The molecule has 0 spiro atoms. The number of pyridine rings is 1. The van der Waals surface area contributed by atoms with E-state index in [-0.39, 0.29) is 6.04 Å². The molecule has 2 N–H and O–H groups in total. The molecule has 0 saturated heterocycles. The van der Waals surface area contributed by atoms with Gasteiger partial charge in [-0.3, -0.25) is 0 Å². The number of para-hydroxylation sites is 1. The summed E-state index contributed by atoms with van der Waals surface area (Å²) in [4.78, 5) is 4.62. The number of hydrogen-bond acceptors (Lipinski definition) is 3. The zero-order valence-corrected chi connectivity index (χ0v) is 14.1. The number of nitrogens with two attached hydrogens (primary N) is 1. The Hall–Kier alpha value is -2.39. The van der Waals surface area contributed by atoms with Gasteiger partial charge in [0.2, 0.25) is 0 Å². The highest BCUT2D eigenvalue weighted by molar-refractivity contribution is 5.78. The van der Waals surface area contributed by atoms with Gasteiger partial charge in [-0.1, -0.05) is 56.2 Å². The van der Waals surface area contributed by atoms with Gasteiger partial charge in [0, 0.05) is 11.4 Å². The van der Waals surface area contributed by atoms with E-state index in [1.165, 1.54) is 12.0 Å². The minimum Gasteiger partial charge on any atom is -0.487 e. The van der Waals surface area contributed by atoms with Gasteiger partial charge in [-0.2, -0.15) is 0 Å². The smallest absolute Gasteiger partial charge is 0.130 e. The Morgan fingerprint density at radius 1 is 1.00 bits per heavy atom. The maximum Gasteiger partial charge on any atom is 0.130 e. The summed E-state index contributed by atoms with van der Waals surface area (Å²) in [6.45, 7) is 2.65. The second-order valence-corrected chi connectivity index (χ2v) is 6.10. The summed E-state index contributed by atoms with van der Waals surface area (Å²) in [5, 5.41) is 1.15. The van der Waals surface area contributed by atoms with Crippen LogP contribution >= 0.6 is 0 Å². The Balaban J connectivity index is 1.61. The maximum atomic E-state index is 6.20. The molecule has 1 unspecified atom stereocenters. The molecule has 3 nitrogen and oxygen atoms in total. The Morgan fingerprint density at radius 2 is 1.79 bits per heavy atom. The number of nitrogens with zero attached hydrogens (tertiary/aromatic N) is 1. The van der Waals surface area contributed by atoms with Gasteiger partial charge in [0.25, 0.3) is 0 Å². The van der Waals surface area contributed by atoms with E-state index in [2.05, 4.69) is 36.2 Å². The van der Waals surface area contributed by atoms with Crippen LogP contribution in [0, 0.1) is 0 Å². The second-order valence-electron chi connectivity index (χ2n) is 6.10. The van der Waals surface area contributed by atoms with E-state index in [1.54, 1.807) is 0 Å². The molecule has 0 aliphatic carbocycles. The summed E-state index contributed by atoms with van der Waals surface area (Å²) in [6, 6.07) is 20.4. The lowest BCUT2D eigenvalue weighted by molar-refractivity contribution is 0.301. The lowest BCUT2D eigenvalue weighted by Crippen LogP contribution is -2.09. The average Bonchev–Trinajstić information content (AvgIpc) is 2.64. The third-order valence-corrected chi connectivity index (χ3v) is 4.22. The number of fused-ring (bicyclic) bond motifs is 1. The number of rotatable bonds is 7. The van der Waals surface area contributed by atoms with Gasteiger partial charge in [-0.05, 0) is 36.2 Å². The van der Waals surface area contributed by atoms with Gasteiger partial charge in [0.05, 0.1) is 11.2 Å². The monoisotopic (exact) mass is 320 g/mol. The SMILES string of the molecule is CCCCC(N)c1ccc(OCc2ccc3ccccc3n2)cc1. The summed E-state index contributed by atoms with van der Waals surface area (Å²) in [5.74, 6) is 0.844. The van der Waals surface area contributed by atoms with Crippen LogP contribution in [0.4, 0.5) is 0 Å². The number of hydrogen-bond donors (Lipinski definition) is 1. The number of benzene rings is 2. The normalized spacial score (nSPS) is 12.2. The molecule has 0 fully saturated rings. The molecule has 1 atom stereocenters. The zero-order valence-electron chi connectivity index (χ0n) is 14.1. The molecule has 0 amide bonds. The third-order valence-electron chi connectivity index (χ3n) is 4.22. The van der Waals surface area contributed by atoms with Crippen LogP contribution in [-0.2, 0) is 6.61 Å². The predicted molar refractivity (Wildman–Crippen MR) is 99.0 cm³/mol. The molecule has 0 aliphatic rings. The third kappa shape index (κ3) is 4.12. The topological polar surface area (TPSA) is 48.1 Å². The fourth-order valence-electron chi connectivity index (χ4n) is 2.75. The summed E-state index contributed by atoms with van der Waals surface area (Å²) >= 11 is 0. The summed E-state index contributed by atoms with van der Waals surface area (Å²) < 4.78 is 5.85. The van der Waals surface area contributed by atoms with Crippen LogP contribution in [0.5, 0.6) is 5.75 Å². The van der Waals surface area contributed by atoms with Crippen molar-refractivity contribution in [1.82, 2.24) is 4.98 Å². The molecule has 0 saturated carbocycles. The Bertz CT molecular complexity index is 783. The van der Waals surface area contributed by atoms with Crippen LogP contribution in [0.1, 0.15) is 43.5 Å². The maximum absolute atomic E-state index is 6.20. The molecule has 3 rings (SSSR count). The lowest BCUT2D eigenvalue weighted by atomic mass is 10.0. The zero-order chi connectivity index (χ0) is 16.8. The quantitative estimate of drug-likeness (QED) is 0.666. The van der Waals surface area contributed by atoms with Crippen LogP contribution in [0.2, 0.25) is 0 Å². The van der Waals surface area contributed by atoms with E-state index in [0.29, 0.717) is 6.61 Å². The van der Waals surface area contributed by atoms with E-state index >= 15 is 0 Å². The van der Waals surface area contributed by atoms with Crippen molar-refractivity contribution in [3.63, 3.8) is 0 Å². The Morgan fingerprint density at radius 3 is 2.58 bits per heavy atom. The molecule has 0 bridgehead atoms. The van der Waals surface area contributed by atoms with Gasteiger partial charge in [0.1, 0.15) is 12.4 Å².